The summed E-state index contributed by atoms with van der Waals surface area (Å²) in [6, 6.07) is 2.03. The Morgan fingerprint density at radius 2 is 2.00 bits per heavy atom. The summed E-state index contributed by atoms with van der Waals surface area (Å²) >= 11 is 0. The number of imidazole rings is 1. The van der Waals surface area contributed by atoms with Gasteiger partial charge in [0.05, 0.1) is 0 Å². The predicted octanol–water partition coefficient (Wildman–Crippen LogP) is 3.32. The number of nitrogens with one attached hydrogen (secondary N) is 1. The number of likely N-dealkylation sites (tertiary alicyclic amines) is 1. The molecule has 0 aliphatic carbocycles. The average Bonchev–Trinajstić information content (AvgIpc) is 3.07. The number of nitrogens with zero attached hydrogens (tertiary/aromatic N) is 4. The number of carbonyl (C=O) groups is 1. The summed E-state index contributed by atoms with van der Waals surface area (Å²) in [6.45, 7) is 9.85. The highest BCUT2D eigenvalue weighted by Crippen LogP contribution is 2.30. The van der Waals surface area contributed by atoms with Crippen LogP contribution in [0.25, 0.3) is 11.5 Å². The van der Waals surface area contributed by atoms with Crippen LogP contribution in [0, 0.1) is 12.3 Å². The number of piperidine rings is 1. The van der Waals surface area contributed by atoms with Gasteiger partial charge in [-0.25, -0.2) is 15.0 Å². The standard InChI is InChI=1S/C19H27N5O/c1-13-22-15(11-16(23-13)18-20-7-8-21-18)14-5-9-24(10-6-14)17(25)12-19(2,3)4/h7-8,11,14H,5-6,9-10,12H2,1-4H3,(H,20,21). The lowest BCUT2D eigenvalue weighted by atomic mass is 9.89. The van der Waals surface area contributed by atoms with E-state index in [4.69, 9.17) is 0 Å². The molecule has 2 aromatic heterocycles. The number of hydrogen-bond donors (Lipinski definition) is 1. The second-order valence-corrected chi connectivity index (χ2v) is 8.06. The van der Waals surface area contributed by atoms with Crippen LogP contribution < -0.4 is 0 Å². The lowest BCUT2D eigenvalue weighted by Gasteiger charge is -2.33. The molecular weight excluding hydrogens is 314 g/mol. The van der Waals surface area contributed by atoms with Crippen molar-refractivity contribution in [3.05, 3.63) is 30.0 Å². The monoisotopic (exact) mass is 341 g/mol. The Labute approximate surface area is 149 Å². The third kappa shape index (κ3) is 4.44. The molecule has 0 radical (unpaired) electrons. The van der Waals surface area contributed by atoms with Crippen LogP contribution in [0.5, 0.6) is 0 Å². The van der Waals surface area contributed by atoms with Gasteiger partial charge in [-0.3, -0.25) is 4.79 Å². The van der Waals surface area contributed by atoms with E-state index in [9.17, 15) is 4.79 Å². The Morgan fingerprint density at radius 1 is 1.28 bits per heavy atom. The largest absolute Gasteiger partial charge is 0.343 e. The number of rotatable bonds is 3. The zero-order valence-electron chi connectivity index (χ0n) is 15.5. The normalized spacial score (nSPS) is 16.2. The Balaban J connectivity index is 1.68. The first-order chi connectivity index (χ1) is 11.8. The first kappa shape index (κ1) is 17.6. The summed E-state index contributed by atoms with van der Waals surface area (Å²) in [4.78, 5) is 30.9. The molecule has 2 aromatic rings. The quantitative estimate of drug-likeness (QED) is 0.929. The summed E-state index contributed by atoms with van der Waals surface area (Å²) in [5.41, 5.74) is 1.93. The van der Waals surface area contributed by atoms with E-state index in [1.165, 1.54) is 0 Å². The van der Waals surface area contributed by atoms with Gasteiger partial charge in [0.25, 0.3) is 0 Å². The lowest BCUT2D eigenvalue weighted by molar-refractivity contribution is -0.134. The van der Waals surface area contributed by atoms with E-state index in [0.29, 0.717) is 12.3 Å². The maximum absolute atomic E-state index is 12.4. The van der Waals surface area contributed by atoms with Crippen molar-refractivity contribution >= 4 is 5.91 Å². The fourth-order valence-electron chi connectivity index (χ4n) is 3.32. The second-order valence-electron chi connectivity index (χ2n) is 8.06. The van der Waals surface area contributed by atoms with Gasteiger partial charge in [0.1, 0.15) is 11.5 Å². The molecule has 134 valence electrons. The highest BCUT2D eigenvalue weighted by atomic mass is 16.2. The Bertz CT molecular complexity index is 725. The number of aromatic nitrogens is 4. The van der Waals surface area contributed by atoms with Crippen LogP contribution >= 0.6 is 0 Å². The highest BCUT2D eigenvalue weighted by molar-refractivity contribution is 5.76. The van der Waals surface area contributed by atoms with E-state index in [1.807, 2.05) is 17.9 Å². The van der Waals surface area contributed by atoms with Gasteiger partial charge in [-0.15, -0.1) is 0 Å². The van der Waals surface area contributed by atoms with Gasteiger partial charge in [0.2, 0.25) is 5.91 Å². The van der Waals surface area contributed by atoms with E-state index in [1.54, 1.807) is 12.4 Å². The summed E-state index contributed by atoms with van der Waals surface area (Å²) < 4.78 is 0. The number of carbonyl (C=O) groups excluding carboxylic acids is 1. The van der Waals surface area contributed by atoms with Crippen molar-refractivity contribution < 1.29 is 4.79 Å². The summed E-state index contributed by atoms with van der Waals surface area (Å²) in [5, 5.41) is 0. The molecule has 1 aliphatic rings. The minimum absolute atomic E-state index is 0.0373. The molecule has 6 heteroatoms. The fraction of sp³-hybridized carbons (Fsp3) is 0.579. The minimum atomic E-state index is 0.0373. The van der Waals surface area contributed by atoms with Gasteiger partial charge >= 0.3 is 0 Å². The van der Waals surface area contributed by atoms with Crippen molar-refractivity contribution in [1.29, 1.82) is 0 Å². The molecule has 1 saturated heterocycles. The zero-order chi connectivity index (χ0) is 18.0. The molecule has 1 aliphatic heterocycles. The van der Waals surface area contributed by atoms with Gasteiger partial charge in [0, 0.05) is 43.5 Å². The molecule has 1 fully saturated rings. The highest BCUT2D eigenvalue weighted by Gasteiger charge is 2.27. The number of hydrogen-bond acceptors (Lipinski definition) is 4. The van der Waals surface area contributed by atoms with Gasteiger partial charge < -0.3 is 9.88 Å². The van der Waals surface area contributed by atoms with E-state index < -0.39 is 0 Å². The van der Waals surface area contributed by atoms with Crippen molar-refractivity contribution in [2.75, 3.05) is 13.1 Å². The van der Waals surface area contributed by atoms with Gasteiger partial charge in [-0.2, -0.15) is 0 Å². The van der Waals surface area contributed by atoms with Crippen molar-refractivity contribution in [2.45, 2.75) is 52.9 Å². The Hall–Kier alpha value is -2.24. The zero-order valence-corrected chi connectivity index (χ0v) is 15.5. The maximum atomic E-state index is 12.4. The van der Waals surface area contributed by atoms with E-state index in [2.05, 4.69) is 40.7 Å². The van der Waals surface area contributed by atoms with Crippen molar-refractivity contribution in [3.63, 3.8) is 0 Å². The minimum Gasteiger partial charge on any atom is -0.343 e. The Morgan fingerprint density at radius 3 is 2.60 bits per heavy atom. The van der Waals surface area contributed by atoms with Crippen LogP contribution in [-0.4, -0.2) is 43.8 Å². The van der Waals surface area contributed by atoms with Crippen molar-refractivity contribution in [1.82, 2.24) is 24.8 Å². The third-order valence-electron chi connectivity index (χ3n) is 4.55. The molecule has 3 heterocycles. The van der Waals surface area contributed by atoms with Crippen LogP contribution in [0.2, 0.25) is 0 Å². The van der Waals surface area contributed by atoms with Crippen LogP contribution in [-0.2, 0) is 4.79 Å². The molecule has 25 heavy (non-hydrogen) atoms. The van der Waals surface area contributed by atoms with Crippen molar-refractivity contribution in [2.24, 2.45) is 5.41 Å². The van der Waals surface area contributed by atoms with Crippen molar-refractivity contribution in [3.8, 4) is 11.5 Å². The number of aryl methyl sites for hydroxylation is 1. The average molecular weight is 341 g/mol. The first-order valence-electron chi connectivity index (χ1n) is 8.95. The summed E-state index contributed by atoms with van der Waals surface area (Å²) in [5.74, 6) is 2.16. The van der Waals surface area contributed by atoms with E-state index >= 15 is 0 Å². The lowest BCUT2D eigenvalue weighted by Crippen LogP contribution is -2.39. The van der Waals surface area contributed by atoms with Crippen LogP contribution in [0.4, 0.5) is 0 Å². The summed E-state index contributed by atoms with van der Waals surface area (Å²) in [7, 11) is 0. The molecule has 0 spiro atoms. The number of amides is 1. The van der Waals surface area contributed by atoms with E-state index in [-0.39, 0.29) is 11.3 Å². The third-order valence-corrected chi connectivity index (χ3v) is 4.55. The Kier molecular flexibility index (Phi) is 4.88. The molecule has 0 saturated carbocycles. The summed E-state index contributed by atoms with van der Waals surface area (Å²) in [6.07, 6.45) is 6.03. The van der Waals surface area contributed by atoms with Gasteiger partial charge in [-0.05, 0) is 31.2 Å². The smallest absolute Gasteiger partial charge is 0.223 e. The van der Waals surface area contributed by atoms with Crippen LogP contribution in [0.3, 0.4) is 0 Å². The molecule has 1 amide bonds. The maximum Gasteiger partial charge on any atom is 0.223 e. The number of aromatic amines is 1. The van der Waals surface area contributed by atoms with Gasteiger partial charge in [-0.1, -0.05) is 20.8 Å². The first-order valence-corrected chi connectivity index (χ1v) is 8.95. The SMILES string of the molecule is Cc1nc(-c2ncc[nH]2)cc(C2CCN(C(=O)CC(C)(C)C)CC2)n1. The van der Waals surface area contributed by atoms with Gasteiger partial charge in [0.15, 0.2) is 5.82 Å². The molecule has 0 bridgehead atoms. The molecular formula is C19H27N5O. The van der Waals surface area contributed by atoms with Crippen LogP contribution in [0.15, 0.2) is 18.5 Å². The molecule has 0 aromatic carbocycles. The number of H-pyrrole nitrogens is 1. The molecule has 0 unspecified atom stereocenters. The van der Waals surface area contributed by atoms with E-state index in [0.717, 1.165) is 49.0 Å². The molecule has 0 atom stereocenters. The predicted molar refractivity (Wildman–Crippen MR) is 97.0 cm³/mol. The fourth-order valence-corrected chi connectivity index (χ4v) is 3.32. The second kappa shape index (κ2) is 6.94. The topological polar surface area (TPSA) is 74.8 Å². The molecule has 6 nitrogen and oxygen atoms in total. The molecule has 1 N–H and O–H groups in total. The molecule has 3 rings (SSSR count). The van der Waals surface area contributed by atoms with Crippen LogP contribution in [0.1, 0.15) is 57.5 Å².